The lowest BCUT2D eigenvalue weighted by Crippen LogP contribution is -2.14. The molecule has 0 spiro atoms. The third-order valence-electron chi connectivity index (χ3n) is 6.81. The van der Waals surface area contributed by atoms with Gasteiger partial charge in [-0.25, -0.2) is 13.2 Å². The average molecular weight is 399 g/mol. The van der Waals surface area contributed by atoms with Gasteiger partial charge < -0.3 is 0 Å². The fourth-order valence-electron chi connectivity index (χ4n) is 5.02. The van der Waals surface area contributed by atoms with Gasteiger partial charge >= 0.3 is 0 Å². The minimum Gasteiger partial charge on any atom is -0.206 e. The Bertz CT molecular complexity index is 904. The van der Waals surface area contributed by atoms with Gasteiger partial charge in [-0.1, -0.05) is 44.4 Å². The summed E-state index contributed by atoms with van der Waals surface area (Å²) < 4.78 is 42.0. The second kappa shape index (κ2) is 8.77. The molecule has 0 atom stereocenters. The summed E-state index contributed by atoms with van der Waals surface area (Å²) in [6, 6.07) is 8.16. The van der Waals surface area contributed by atoms with Crippen LogP contribution in [0.15, 0.2) is 36.4 Å². The molecule has 2 aliphatic carbocycles. The zero-order valence-corrected chi connectivity index (χ0v) is 17.1. The fraction of sp³-hybridized carbons (Fsp3) is 0.462. The van der Waals surface area contributed by atoms with Crippen LogP contribution in [0.4, 0.5) is 13.2 Å². The minimum absolute atomic E-state index is 0.201. The van der Waals surface area contributed by atoms with Crippen LogP contribution in [0.5, 0.6) is 0 Å². The first-order chi connectivity index (χ1) is 14.0. The van der Waals surface area contributed by atoms with E-state index in [1.807, 2.05) is 12.1 Å². The highest BCUT2D eigenvalue weighted by Crippen LogP contribution is 2.39. The van der Waals surface area contributed by atoms with Gasteiger partial charge in [-0.2, -0.15) is 0 Å². The van der Waals surface area contributed by atoms with Crippen molar-refractivity contribution in [1.29, 1.82) is 0 Å². The molecule has 4 rings (SSSR count). The molecule has 0 aliphatic heterocycles. The van der Waals surface area contributed by atoms with Crippen LogP contribution in [0.3, 0.4) is 0 Å². The second-order valence-electron chi connectivity index (χ2n) is 8.74. The Balaban J connectivity index is 1.46. The molecule has 0 radical (unpaired) electrons. The van der Waals surface area contributed by atoms with Crippen molar-refractivity contribution in [2.75, 3.05) is 0 Å². The smallest absolute Gasteiger partial charge is 0.159 e. The van der Waals surface area contributed by atoms with Crippen molar-refractivity contribution in [3.05, 3.63) is 76.1 Å². The first-order valence-corrected chi connectivity index (χ1v) is 11.0. The summed E-state index contributed by atoms with van der Waals surface area (Å²) in [6.45, 7) is 2.24. The lowest BCUT2D eigenvalue weighted by Gasteiger charge is -2.29. The van der Waals surface area contributed by atoms with Crippen molar-refractivity contribution in [1.82, 2.24) is 0 Å². The molecule has 0 bridgehead atoms. The Morgan fingerprint density at radius 2 is 1.59 bits per heavy atom. The van der Waals surface area contributed by atoms with Gasteiger partial charge in [0.05, 0.1) is 0 Å². The monoisotopic (exact) mass is 398 g/mol. The van der Waals surface area contributed by atoms with E-state index < -0.39 is 11.6 Å². The number of hydrogen-bond acceptors (Lipinski definition) is 0. The lowest BCUT2D eigenvalue weighted by molar-refractivity contribution is 0.304. The Morgan fingerprint density at radius 1 is 0.862 bits per heavy atom. The van der Waals surface area contributed by atoms with E-state index in [4.69, 9.17) is 0 Å². The molecule has 0 nitrogen and oxygen atoms in total. The average Bonchev–Trinajstić information content (AvgIpc) is 2.73. The van der Waals surface area contributed by atoms with E-state index in [9.17, 15) is 13.2 Å². The molecule has 0 N–H and O–H groups in total. The van der Waals surface area contributed by atoms with Crippen molar-refractivity contribution in [3.63, 3.8) is 0 Å². The predicted octanol–water partition coefficient (Wildman–Crippen LogP) is 7.75. The van der Waals surface area contributed by atoms with Crippen molar-refractivity contribution in [2.24, 2.45) is 5.92 Å². The van der Waals surface area contributed by atoms with E-state index in [0.29, 0.717) is 24.3 Å². The standard InChI is InChI=1S/C26H29F3/c1-2-3-4-17-5-7-18(8-6-17)19-11-12-23(24(27)14-19)21-10-9-20-15-25(28)26(29)16-22(20)13-21/h10-12,14-18H,2-9,13H2,1H3. The lowest BCUT2D eigenvalue weighted by atomic mass is 9.76. The molecule has 2 aromatic carbocycles. The van der Waals surface area contributed by atoms with Crippen LogP contribution >= 0.6 is 0 Å². The Hall–Kier alpha value is -2.03. The Labute approximate surface area is 171 Å². The molecule has 1 fully saturated rings. The highest BCUT2D eigenvalue weighted by molar-refractivity contribution is 5.71. The number of benzene rings is 2. The quantitative estimate of drug-likeness (QED) is 0.483. The maximum absolute atomic E-state index is 15.0. The zero-order valence-electron chi connectivity index (χ0n) is 17.1. The van der Waals surface area contributed by atoms with Crippen LogP contribution in [0, 0.1) is 23.4 Å². The summed E-state index contributed by atoms with van der Waals surface area (Å²) in [5, 5.41) is 0. The summed E-state index contributed by atoms with van der Waals surface area (Å²) in [5.41, 5.74) is 4.07. The van der Waals surface area contributed by atoms with Crippen molar-refractivity contribution in [3.8, 4) is 0 Å². The molecular formula is C26H29F3. The maximum atomic E-state index is 15.0. The molecule has 0 saturated heterocycles. The highest BCUT2D eigenvalue weighted by atomic mass is 19.2. The molecule has 2 aromatic rings. The molecule has 1 saturated carbocycles. The van der Waals surface area contributed by atoms with Gasteiger partial charge in [-0.3, -0.25) is 0 Å². The predicted molar refractivity (Wildman–Crippen MR) is 112 cm³/mol. The molecule has 0 aromatic heterocycles. The molecular weight excluding hydrogens is 369 g/mol. The summed E-state index contributed by atoms with van der Waals surface area (Å²) in [7, 11) is 0. The van der Waals surface area contributed by atoms with Crippen molar-refractivity contribution in [2.45, 2.75) is 70.6 Å². The van der Waals surface area contributed by atoms with Crippen LogP contribution < -0.4 is 0 Å². The number of unbranched alkanes of at least 4 members (excludes halogenated alkanes) is 1. The molecule has 154 valence electrons. The van der Waals surface area contributed by atoms with Crippen LogP contribution in [0.2, 0.25) is 0 Å². The Morgan fingerprint density at radius 3 is 2.28 bits per heavy atom. The van der Waals surface area contributed by atoms with Gasteiger partial charge in [-0.05, 0) is 90.8 Å². The number of allylic oxidation sites excluding steroid dienone is 2. The van der Waals surface area contributed by atoms with E-state index in [2.05, 4.69) is 13.0 Å². The third kappa shape index (κ3) is 4.44. The van der Waals surface area contributed by atoms with Gasteiger partial charge in [0.25, 0.3) is 0 Å². The molecule has 0 heterocycles. The molecule has 29 heavy (non-hydrogen) atoms. The molecule has 2 aliphatic rings. The van der Waals surface area contributed by atoms with E-state index in [1.165, 1.54) is 44.2 Å². The van der Waals surface area contributed by atoms with E-state index in [-0.39, 0.29) is 5.82 Å². The Kier molecular flexibility index (Phi) is 6.12. The normalized spacial score (nSPS) is 21.6. The third-order valence-corrected chi connectivity index (χ3v) is 6.81. The van der Waals surface area contributed by atoms with E-state index in [1.54, 1.807) is 6.07 Å². The van der Waals surface area contributed by atoms with Crippen LogP contribution in [0.25, 0.3) is 5.57 Å². The van der Waals surface area contributed by atoms with Crippen LogP contribution in [-0.4, -0.2) is 0 Å². The largest absolute Gasteiger partial charge is 0.206 e. The second-order valence-corrected chi connectivity index (χ2v) is 8.74. The maximum Gasteiger partial charge on any atom is 0.159 e. The summed E-state index contributed by atoms with van der Waals surface area (Å²) >= 11 is 0. The van der Waals surface area contributed by atoms with Gasteiger partial charge in [0.2, 0.25) is 0 Å². The number of fused-ring (bicyclic) bond motifs is 1. The summed E-state index contributed by atoms with van der Waals surface area (Å²) in [4.78, 5) is 0. The van der Waals surface area contributed by atoms with Crippen LogP contribution in [-0.2, 0) is 12.8 Å². The zero-order chi connectivity index (χ0) is 20.4. The fourth-order valence-corrected chi connectivity index (χ4v) is 5.02. The van der Waals surface area contributed by atoms with E-state index in [0.717, 1.165) is 41.0 Å². The van der Waals surface area contributed by atoms with Gasteiger partial charge in [0.1, 0.15) is 5.82 Å². The number of halogens is 3. The first kappa shape index (κ1) is 20.3. The summed E-state index contributed by atoms with van der Waals surface area (Å²) in [5.74, 6) is -0.564. The first-order valence-electron chi connectivity index (χ1n) is 11.0. The molecule has 3 heteroatoms. The van der Waals surface area contributed by atoms with Gasteiger partial charge in [0, 0.05) is 5.56 Å². The molecule has 0 amide bonds. The number of rotatable bonds is 5. The summed E-state index contributed by atoms with van der Waals surface area (Å²) in [6.07, 6.45) is 11.6. The SMILES string of the molecule is CCCCC1CCC(c2ccc(C3=CCc4cc(F)c(F)cc4C3)c(F)c2)CC1. The minimum atomic E-state index is -0.838. The molecule has 0 unspecified atom stereocenters. The van der Waals surface area contributed by atoms with Gasteiger partial charge in [0.15, 0.2) is 11.6 Å². The number of hydrogen-bond donors (Lipinski definition) is 0. The topological polar surface area (TPSA) is 0 Å². The van der Waals surface area contributed by atoms with E-state index >= 15 is 0 Å². The highest BCUT2D eigenvalue weighted by Gasteiger charge is 2.24. The van der Waals surface area contributed by atoms with Gasteiger partial charge in [-0.15, -0.1) is 0 Å². The van der Waals surface area contributed by atoms with Crippen molar-refractivity contribution < 1.29 is 13.2 Å². The van der Waals surface area contributed by atoms with Crippen molar-refractivity contribution >= 4 is 5.57 Å². The van der Waals surface area contributed by atoms with Crippen LogP contribution in [0.1, 0.15) is 80.0 Å².